The molecule has 1 aromatic heterocycles. The molecule has 0 bridgehead atoms. The highest BCUT2D eigenvalue weighted by atomic mass is 32.2. The highest BCUT2D eigenvalue weighted by Gasteiger charge is 2.45. The van der Waals surface area contributed by atoms with Crippen LogP contribution in [0.2, 0.25) is 0 Å². The molecule has 1 aliphatic carbocycles. The molecule has 5 nitrogen and oxygen atoms in total. The van der Waals surface area contributed by atoms with Gasteiger partial charge in [-0.1, -0.05) is 6.07 Å². The third-order valence-electron chi connectivity index (χ3n) is 5.36. The maximum Gasteiger partial charge on any atom is 0.287 e. The molecule has 1 aromatic carbocycles. The van der Waals surface area contributed by atoms with Gasteiger partial charge in [-0.3, -0.25) is 4.79 Å². The minimum absolute atomic E-state index is 0.0943. The zero-order chi connectivity index (χ0) is 18.4. The van der Waals surface area contributed by atoms with Gasteiger partial charge in [0, 0.05) is 35.6 Å². The molecular formula is C20H21NO4S2. The Bertz CT molecular complexity index is 902. The summed E-state index contributed by atoms with van der Waals surface area (Å²) < 4.78 is 16.9. The molecule has 2 aliphatic heterocycles. The summed E-state index contributed by atoms with van der Waals surface area (Å²) in [7, 11) is 0. The van der Waals surface area contributed by atoms with Gasteiger partial charge in [0.25, 0.3) is 5.91 Å². The Hall–Kier alpha value is -1.73. The van der Waals surface area contributed by atoms with Crippen LogP contribution in [0.4, 0.5) is 0 Å². The Morgan fingerprint density at radius 1 is 1.22 bits per heavy atom. The molecule has 2 aromatic rings. The number of carbonyl (C=O) groups is 1. The van der Waals surface area contributed by atoms with Crippen LogP contribution in [0.3, 0.4) is 0 Å². The van der Waals surface area contributed by atoms with Crippen LogP contribution in [0.1, 0.15) is 45.8 Å². The summed E-state index contributed by atoms with van der Waals surface area (Å²) in [6, 6.07) is 5.72. The van der Waals surface area contributed by atoms with Crippen molar-refractivity contribution >= 4 is 29.4 Å². The van der Waals surface area contributed by atoms with E-state index in [4.69, 9.17) is 13.9 Å². The van der Waals surface area contributed by atoms with Crippen molar-refractivity contribution in [2.24, 2.45) is 0 Å². The summed E-state index contributed by atoms with van der Waals surface area (Å²) in [6.07, 6.45) is 3.21. The highest BCUT2D eigenvalue weighted by molar-refractivity contribution is 8.20. The van der Waals surface area contributed by atoms with Crippen molar-refractivity contribution in [1.29, 1.82) is 0 Å². The second-order valence-corrected chi connectivity index (χ2v) is 10.1. The van der Waals surface area contributed by atoms with Crippen molar-refractivity contribution in [3.8, 4) is 11.5 Å². The number of rotatable bonds is 3. The lowest BCUT2D eigenvalue weighted by Crippen LogP contribution is -2.24. The molecule has 1 amide bonds. The normalized spacial score (nSPS) is 19.3. The molecule has 0 radical (unpaired) electrons. The summed E-state index contributed by atoms with van der Waals surface area (Å²) in [5.41, 5.74) is 3.25. The van der Waals surface area contributed by atoms with Crippen molar-refractivity contribution in [2.75, 3.05) is 18.3 Å². The molecule has 0 atom stereocenters. The second kappa shape index (κ2) is 6.71. The minimum Gasteiger partial charge on any atom is -0.455 e. The number of furan rings is 1. The number of aryl methyl sites for hydroxylation is 1. The smallest absolute Gasteiger partial charge is 0.287 e. The van der Waals surface area contributed by atoms with Crippen molar-refractivity contribution in [1.82, 2.24) is 5.32 Å². The number of thioether (sulfide) groups is 2. The molecule has 3 aliphatic rings. The van der Waals surface area contributed by atoms with Crippen LogP contribution in [-0.2, 0) is 17.0 Å². The minimum atomic E-state index is -0.150. The Morgan fingerprint density at radius 2 is 2.04 bits per heavy atom. The zero-order valence-corrected chi connectivity index (χ0v) is 16.8. The van der Waals surface area contributed by atoms with Crippen LogP contribution in [0.5, 0.6) is 11.5 Å². The fourth-order valence-electron chi connectivity index (χ4n) is 4.13. The molecule has 142 valence electrons. The largest absolute Gasteiger partial charge is 0.455 e. The van der Waals surface area contributed by atoms with Crippen molar-refractivity contribution in [3.63, 3.8) is 0 Å². The Morgan fingerprint density at radius 3 is 2.89 bits per heavy atom. The van der Waals surface area contributed by atoms with E-state index in [9.17, 15) is 4.79 Å². The van der Waals surface area contributed by atoms with Gasteiger partial charge in [-0.25, -0.2) is 0 Å². The van der Waals surface area contributed by atoms with Gasteiger partial charge in [0.05, 0.1) is 4.08 Å². The first kappa shape index (κ1) is 17.4. The maximum absolute atomic E-state index is 12.8. The van der Waals surface area contributed by atoms with Gasteiger partial charge in [0.15, 0.2) is 17.3 Å². The van der Waals surface area contributed by atoms with Gasteiger partial charge >= 0.3 is 0 Å². The Labute approximate surface area is 166 Å². The first-order chi connectivity index (χ1) is 13.2. The fourth-order valence-corrected chi connectivity index (χ4v) is 7.69. The summed E-state index contributed by atoms with van der Waals surface area (Å²) in [5, 5.41) is 2.99. The molecule has 0 unspecified atom stereocenters. The SMILES string of the molecule is Cc1c(C(=O)NCc2ccc3c(c2)OCO3)oc2c1C1(CCC2)SCCS1. The zero-order valence-electron chi connectivity index (χ0n) is 15.1. The average Bonchev–Trinajstić information content (AvgIpc) is 3.39. The molecule has 1 spiro atoms. The van der Waals surface area contributed by atoms with E-state index in [1.165, 1.54) is 17.1 Å². The van der Waals surface area contributed by atoms with Gasteiger partial charge < -0.3 is 19.2 Å². The molecule has 1 saturated heterocycles. The Balaban J connectivity index is 1.36. The summed E-state index contributed by atoms with van der Waals surface area (Å²) in [6.45, 7) is 2.71. The van der Waals surface area contributed by atoms with E-state index >= 15 is 0 Å². The molecular weight excluding hydrogens is 382 g/mol. The molecule has 7 heteroatoms. The molecule has 3 heterocycles. The lowest BCUT2D eigenvalue weighted by molar-refractivity contribution is 0.0920. The van der Waals surface area contributed by atoms with Gasteiger partial charge in [-0.2, -0.15) is 0 Å². The van der Waals surface area contributed by atoms with Crippen LogP contribution in [0.15, 0.2) is 22.6 Å². The van der Waals surface area contributed by atoms with Gasteiger partial charge in [0.2, 0.25) is 6.79 Å². The lowest BCUT2D eigenvalue weighted by atomic mass is 9.94. The van der Waals surface area contributed by atoms with E-state index in [2.05, 4.69) is 5.32 Å². The Kier molecular flexibility index (Phi) is 4.31. The van der Waals surface area contributed by atoms with E-state index in [1.807, 2.05) is 48.6 Å². The van der Waals surface area contributed by atoms with Gasteiger partial charge in [0.1, 0.15) is 5.76 Å². The summed E-state index contributed by atoms with van der Waals surface area (Å²) in [4.78, 5) is 12.8. The average molecular weight is 404 g/mol. The first-order valence-corrected chi connectivity index (χ1v) is 11.2. The third kappa shape index (κ3) is 2.91. The number of ether oxygens (including phenoxy) is 2. The van der Waals surface area contributed by atoms with E-state index in [0.717, 1.165) is 47.6 Å². The van der Waals surface area contributed by atoms with Crippen molar-refractivity contribution < 1.29 is 18.7 Å². The number of nitrogens with one attached hydrogen (secondary N) is 1. The number of hydrogen-bond acceptors (Lipinski definition) is 6. The maximum atomic E-state index is 12.8. The van der Waals surface area contributed by atoms with E-state index in [-0.39, 0.29) is 16.8 Å². The summed E-state index contributed by atoms with van der Waals surface area (Å²) in [5.74, 6) is 5.13. The van der Waals surface area contributed by atoms with Crippen LogP contribution in [0, 0.1) is 6.92 Å². The summed E-state index contributed by atoms with van der Waals surface area (Å²) >= 11 is 4.03. The molecule has 27 heavy (non-hydrogen) atoms. The third-order valence-corrected chi connectivity index (χ3v) is 8.89. The molecule has 1 fully saturated rings. The second-order valence-electron chi connectivity index (χ2n) is 7.03. The number of benzene rings is 1. The van der Waals surface area contributed by atoms with Crippen LogP contribution >= 0.6 is 23.5 Å². The monoisotopic (exact) mass is 403 g/mol. The number of amides is 1. The highest BCUT2D eigenvalue weighted by Crippen LogP contribution is 2.59. The predicted octanol–water partition coefficient (Wildman–Crippen LogP) is 4.22. The molecule has 5 rings (SSSR count). The van der Waals surface area contributed by atoms with E-state index in [1.54, 1.807) is 0 Å². The number of carbonyl (C=O) groups excluding carboxylic acids is 1. The topological polar surface area (TPSA) is 60.7 Å². The first-order valence-electron chi connectivity index (χ1n) is 9.24. The quantitative estimate of drug-likeness (QED) is 0.828. The van der Waals surface area contributed by atoms with Gasteiger partial charge in [-0.15, -0.1) is 23.5 Å². The lowest BCUT2D eigenvalue weighted by Gasteiger charge is -2.31. The predicted molar refractivity (Wildman–Crippen MR) is 107 cm³/mol. The van der Waals surface area contributed by atoms with Crippen LogP contribution < -0.4 is 14.8 Å². The molecule has 0 saturated carbocycles. The van der Waals surface area contributed by atoms with Crippen LogP contribution in [-0.4, -0.2) is 24.2 Å². The number of fused-ring (bicyclic) bond motifs is 3. The van der Waals surface area contributed by atoms with Gasteiger partial charge in [-0.05, 0) is 37.5 Å². The molecule has 1 N–H and O–H groups in total. The van der Waals surface area contributed by atoms with E-state index in [0.29, 0.717) is 12.3 Å². The van der Waals surface area contributed by atoms with E-state index < -0.39 is 0 Å². The number of hydrogen-bond donors (Lipinski definition) is 1. The standard InChI is InChI=1S/C20H21NO4S2/c1-12-17-15(3-2-6-20(17)26-7-8-27-20)25-18(12)19(22)21-10-13-4-5-14-16(9-13)24-11-23-14/h4-5,9H,2-3,6-8,10-11H2,1H3,(H,21,22). The van der Waals surface area contributed by atoms with Crippen LogP contribution in [0.25, 0.3) is 0 Å². The fraction of sp³-hybridized carbons (Fsp3) is 0.450. The van der Waals surface area contributed by atoms with Crippen molar-refractivity contribution in [2.45, 2.75) is 36.8 Å². The van der Waals surface area contributed by atoms with Crippen molar-refractivity contribution in [3.05, 3.63) is 46.4 Å².